The largest absolute Gasteiger partial charge is 0.508 e. The highest BCUT2D eigenvalue weighted by Crippen LogP contribution is 2.18. The average Bonchev–Trinajstić information content (AvgIpc) is 2.31. The highest BCUT2D eigenvalue weighted by molar-refractivity contribution is 5.94. The number of rotatable bonds is 1. The van der Waals surface area contributed by atoms with Crippen LogP contribution < -0.4 is 0 Å². The number of amides is 1. The molecule has 1 N–H and O–H groups in total. The molecule has 2 rings (SSSR count). The van der Waals surface area contributed by atoms with Gasteiger partial charge in [-0.3, -0.25) is 4.79 Å². The minimum absolute atomic E-state index is 0.0523. The summed E-state index contributed by atoms with van der Waals surface area (Å²) in [4.78, 5) is 14.1. The predicted molar refractivity (Wildman–Crippen MR) is 64.0 cm³/mol. The monoisotopic (exact) mass is 235 g/mol. The van der Waals surface area contributed by atoms with Crippen LogP contribution in [-0.2, 0) is 4.74 Å². The van der Waals surface area contributed by atoms with Gasteiger partial charge in [0.25, 0.3) is 5.91 Å². The zero-order valence-corrected chi connectivity index (χ0v) is 10.1. The van der Waals surface area contributed by atoms with Crippen LogP contribution in [-0.4, -0.2) is 41.2 Å². The van der Waals surface area contributed by atoms with Crippen molar-refractivity contribution in [2.75, 3.05) is 13.2 Å². The molecule has 92 valence electrons. The van der Waals surface area contributed by atoms with E-state index in [0.29, 0.717) is 18.7 Å². The first-order chi connectivity index (χ1) is 8.08. The van der Waals surface area contributed by atoms with E-state index in [4.69, 9.17) is 4.74 Å². The Balaban J connectivity index is 2.18. The topological polar surface area (TPSA) is 49.8 Å². The van der Waals surface area contributed by atoms with E-state index in [0.717, 1.165) is 0 Å². The third kappa shape index (κ3) is 2.58. The minimum atomic E-state index is -0.0523. The van der Waals surface area contributed by atoms with Gasteiger partial charge in [0.05, 0.1) is 18.8 Å². The minimum Gasteiger partial charge on any atom is -0.508 e. The average molecular weight is 235 g/mol. The summed E-state index contributed by atoms with van der Waals surface area (Å²) in [6, 6.07) is 6.52. The maximum atomic E-state index is 12.3. The van der Waals surface area contributed by atoms with Crippen molar-refractivity contribution in [2.45, 2.75) is 26.0 Å². The van der Waals surface area contributed by atoms with Crippen LogP contribution in [0.4, 0.5) is 0 Å². The SMILES string of the molecule is CC1CN(C(=O)c2cccc(O)c2)C(C)CO1. The summed E-state index contributed by atoms with van der Waals surface area (Å²) in [7, 11) is 0. The molecular weight excluding hydrogens is 218 g/mol. The van der Waals surface area contributed by atoms with Gasteiger partial charge < -0.3 is 14.7 Å². The van der Waals surface area contributed by atoms with Crippen molar-refractivity contribution in [1.29, 1.82) is 0 Å². The van der Waals surface area contributed by atoms with Crippen LogP contribution in [0.1, 0.15) is 24.2 Å². The molecule has 0 aromatic heterocycles. The van der Waals surface area contributed by atoms with Gasteiger partial charge in [0, 0.05) is 12.1 Å². The molecule has 0 aliphatic carbocycles. The second kappa shape index (κ2) is 4.75. The van der Waals surface area contributed by atoms with Gasteiger partial charge in [0.2, 0.25) is 0 Å². The van der Waals surface area contributed by atoms with Crippen molar-refractivity contribution in [2.24, 2.45) is 0 Å². The highest BCUT2D eigenvalue weighted by atomic mass is 16.5. The van der Waals surface area contributed by atoms with Crippen molar-refractivity contribution in [3.05, 3.63) is 29.8 Å². The first-order valence-corrected chi connectivity index (χ1v) is 5.79. The molecule has 1 fully saturated rings. The number of ether oxygens (including phenoxy) is 1. The van der Waals surface area contributed by atoms with Gasteiger partial charge in [0.1, 0.15) is 5.75 Å². The fourth-order valence-corrected chi connectivity index (χ4v) is 1.99. The molecule has 17 heavy (non-hydrogen) atoms. The molecule has 1 aliphatic heterocycles. The van der Waals surface area contributed by atoms with Crippen molar-refractivity contribution in [3.63, 3.8) is 0 Å². The fourth-order valence-electron chi connectivity index (χ4n) is 1.99. The molecule has 4 heteroatoms. The number of hydrogen-bond donors (Lipinski definition) is 1. The molecule has 1 heterocycles. The highest BCUT2D eigenvalue weighted by Gasteiger charge is 2.28. The zero-order chi connectivity index (χ0) is 12.4. The number of benzene rings is 1. The quantitative estimate of drug-likeness (QED) is 0.805. The van der Waals surface area contributed by atoms with E-state index < -0.39 is 0 Å². The lowest BCUT2D eigenvalue weighted by Crippen LogP contribution is -2.50. The maximum Gasteiger partial charge on any atom is 0.254 e. The van der Waals surface area contributed by atoms with Crippen molar-refractivity contribution in [1.82, 2.24) is 4.90 Å². The van der Waals surface area contributed by atoms with E-state index in [1.807, 2.05) is 13.8 Å². The van der Waals surface area contributed by atoms with Gasteiger partial charge in [-0.05, 0) is 32.0 Å². The molecule has 1 aromatic rings. The summed E-state index contributed by atoms with van der Waals surface area (Å²) >= 11 is 0. The Morgan fingerprint density at radius 1 is 1.47 bits per heavy atom. The van der Waals surface area contributed by atoms with Gasteiger partial charge in [-0.1, -0.05) is 6.07 Å². The number of hydrogen-bond acceptors (Lipinski definition) is 3. The van der Waals surface area contributed by atoms with Crippen LogP contribution in [0, 0.1) is 0 Å². The Hall–Kier alpha value is -1.55. The van der Waals surface area contributed by atoms with Gasteiger partial charge in [0.15, 0.2) is 0 Å². The Morgan fingerprint density at radius 3 is 2.94 bits per heavy atom. The van der Waals surface area contributed by atoms with Crippen molar-refractivity contribution >= 4 is 5.91 Å². The van der Waals surface area contributed by atoms with Gasteiger partial charge in [-0.15, -0.1) is 0 Å². The van der Waals surface area contributed by atoms with Crippen LogP contribution >= 0.6 is 0 Å². The molecule has 1 aromatic carbocycles. The van der Waals surface area contributed by atoms with E-state index in [-0.39, 0.29) is 23.8 Å². The summed E-state index contributed by atoms with van der Waals surface area (Å²) in [6.07, 6.45) is 0.0625. The molecule has 0 spiro atoms. The Labute approximate surface area is 101 Å². The van der Waals surface area contributed by atoms with Crippen LogP contribution in [0.3, 0.4) is 0 Å². The molecule has 1 aliphatic rings. The number of aromatic hydroxyl groups is 1. The summed E-state index contributed by atoms with van der Waals surface area (Å²) in [6.45, 7) is 5.07. The molecule has 2 atom stereocenters. The summed E-state index contributed by atoms with van der Waals surface area (Å²) in [5, 5.41) is 9.38. The Kier molecular flexibility index (Phi) is 3.33. The number of phenols is 1. The standard InChI is InChI=1S/C13H17NO3/c1-9-8-17-10(2)7-14(9)13(16)11-4-3-5-12(15)6-11/h3-6,9-10,15H,7-8H2,1-2H3. The molecule has 1 amide bonds. The predicted octanol–water partition coefficient (Wildman–Crippen LogP) is 1.64. The van der Waals surface area contributed by atoms with E-state index in [9.17, 15) is 9.90 Å². The smallest absolute Gasteiger partial charge is 0.254 e. The van der Waals surface area contributed by atoms with E-state index in [1.165, 1.54) is 6.07 Å². The third-order valence-corrected chi connectivity index (χ3v) is 2.96. The molecule has 1 saturated heterocycles. The first-order valence-electron chi connectivity index (χ1n) is 5.79. The Bertz CT molecular complexity index is 419. The molecular formula is C13H17NO3. The van der Waals surface area contributed by atoms with Crippen LogP contribution in [0.15, 0.2) is 24.3 Å². The normalized spacial score (nSPS) is 24.7. The number of carbonyl (C=O) groups excluding carboxylic acids is 1. The third-order valence-electron chi connectivity index (χ3n) is 2.96. The number of nitrogens with zero attached hydrogens (tertiary/aromatic N) is 1. The maximum absolute atomic E-state index is 12.3. The first kappa shape index (κ1) is 11.9. The zero-order valence-electron chi connectivity index (χ0n) is 10.1. The lowest BCUT2D eigenvalue weighted by molar-refractivity contribution is -0.0387. The molecule has 2 unspecified atom stereocenters. The molecule has 4 nitrogen and oxygen atoms in total. The summed E-state index contributed by atoms with van der Waals surface area (Å²) in [5.41, 5.74) is 0.519. The molecule has 0 bridgehead atoms. The van der Waals surface area contributed by atoms with E-state index in [1.54, 1.807) is 23.1 Å². The number of morpholine rings is 1. The lowest BCUT2D eigenvalue weighted by atomic mass is 10.1. The number of carbonyl (C=O) groups is 1. The fraction of sp³-hybridized carbons (Fsp3) is 0.462. The van der Waals surface area contributed by atoms with Gasteiger partial charge in [-0.2, -0.15) is 0 Å². The van der Waals surface area contributed by atoms with Crippen LogP contribution in [0.5, 0.6) is 5.75 Å². The molecule has 0 saturated carbocycles. The Morgan fingerprint density at radius 2 is 2.24 bits per heavy atom. The second-order valence-electron chi connectivity index (χ2n) is 4.50. The second-order valence-corrected chi connectivity index (χ2v) is 4.50. The lowest BCUT2D eigenvalue weighted by Gasteiger charge is -2.36. The van der Waals surface area contributed by atoms with Gasteiger partial charge >= 0.3 is 0 Å². The van der Waals surface area contributed by atoms with Crippen molar-refractivity contribution < 1.29 is 14.6 Å². The molecule has 0 radical (unpaired) electrons. The van der Waals surface area contributed by atoms with E-state index >= 15 is 0 Å². The van der Waals surface area contributed by atoms with Crippen molar-refractivity contribution in [3.8, 4) is 5.75 Å². The van der Waals surface area contributed by atoms with Crippen LogP contribution in [0.25, 0.3) is 0 Å². The summed E-state index contributed by atoms with van der Waals surface area (Å²) < 4.78 is 5.49. The van der Waals surface area contributed by atoms with E-state index in [2.05, 4.69) is 0 Å². The summed E-state index contributed by atoms with van der Waals surface area (Å²) in [5.74, 6) is 0.0633. The van der Waals surface area contributed by atoms with Gasteiger partial charge in [-0.25, -0.2) is 0 Å². The van der Waals surface area contributed by atoms with Crippen LogP contribution in [0.2, 0.25) is 0 Å². The number of phenolic OH excluding ortho intramolecular Hbond substituents is 1.